The van der Waals surface area contributed by atoms with Crippen LogP contribution in [0, 0.1) is 0 Å². The van der Waals surface area contributed by atoms with Crippen LogP contribution in [0.25, 0.3) is 0 Å². The van der Waals surface area contributed by atoms with Gasteiger partial charge in [0, 0.05) is 45.3 Å². The van der Waals surface area contributed by atoms with Crippen LogP contribution in [0.5, 0.6) is 5.88 Å². The molecule has 2 atom stereocenters. The van der Waals surface area contributed by atoms with Crippen LogP contribution in [-0.2, 0) is 17.7 Å². The van der Waals surface area contributed by atoms with Gasteiger partial charge in [-0.05, 0) is 50.5 Å². The van der Waals surface area contributed by atoms with E-state index in [9.17, 15) is 9.90 Å². The summed E-state index contributed by atoms with van der Waals surface area (Å²) < 4.78 is 11.8. The molecule has 4 heterocycles. The van der Waals surface area contributed by atoms with Gasteiger partial charge in [0.15, 0.2) is 0 Å². The molecule has 3 aliphatic rings. The second kappa shape index (κ2) is 10.5. The van der Waals surface area contributed by atoms with Gasteiger partial charge >= 0.3 is 0 Å². The number of carbonyl (C=O) groups is 1. The van der Waals surface area contributed by atoms with Crippen molar-refractivity contribution < 1.29 is 19.4 Å². The maximum Gasteiger partial charge on any atom is 0.259 e. The molecule has 1 fully saturated rings. The third-order valence-electron chi connectivity index (χ3n) is 7.48. The lowest BCUT2D eigenvalue weighted by atomic mass is 9.99. The van der Waals surface area contributed by atoms with E-state index in [0.29, 0.717) is 24.5 Å². The van der Waals surface area contributed by atoms with E-state index in [4.69, 9.17) is 14.5 Å². The van der Waals surface area contributed by atoms with Gasteiger partial charge in [0.25, 0.3) is 5.91 Å². The molecule has 0 radical (unpaired) electrons. The predicted octanol–water partition coefficient (Wildman–Crippen LogP) is 2.51. The molecule has 1 saturated heterocycles. The first kappa shape index (κ1) is 25.1. The van der Waals surface area contributed by atoms with Gasteiger partial charge in [0.1, 0.15) is 11.2 Å². The van der Waals surface area contributed by atoms with E-state index in [-0.39, 0.29) is 18.5 Å². The van der Waals surface area contributed by atoms with Crippen LogP contribution in [-0.4, -0.2) is 94.9 Å². The molecule has 2 unspecified atom stereocenters. The molecule has 1 N–H and O–H groups in total. The van der Waals surface area contributed by atoms with Crippen molar-refractivity contribution in [3.05, 3.63) is 58.8 Å². The van der Waals surface area contributed by atoms with Gasteiger partial charge in [0.2, 0.25) is 5.88 Å². The van der Waals surface area contributed by atoms with Gasteiger partial charge in [-0.3, -0.25) is 14.6 Å². The molecule has 1 aromatic carbocycles. The van der Waals surface area contributed by atoms with Gasteiger partial charge in [-0.2, -0.15) is 0 Å². The minimum atomic E-state index is -0.648. The van der Waals surface area contributed by atoms with E-state index in [1.807, 2.05) is 26.0 Å². The average molecular weight is 495 g/mol. The van der Waals surface area contributed by atoms with Crippen molar-refractivity contribution in [2.45, 2.75) is 51.5 Å². The number of ether oxygens (including phenoxy) is 2. The van der Waals surface area contributed by atoms with Crippen molar-refractivity contribution in [1.29, 1.82) is 0 Å². The summed E-state index contributed by atoms with van der Waals surface area (Å²) in [7, 11) is 0. The number of hydrogen-bond acceptors (Lipinski definition) is 7. The number of fused-ring (bicyclic) bond motifs is 2. The Labute approximate surface area is 213 Å². The number of aliphatic hydroxyl groups is 1. The molecule has 8 nitrogen and oxygen atoms in total. The Kier molecular flexibility index (Phi) is 7.30. The normalized spacial score (nSPS) is 22.2. The zero-order valence-corrected chi connectivity index (χ0v) is 21.7. The third-order valence-corrected chi connectivity index (χ3v) is 7.48. The molecular formula is C28H38N4O4. The van der Waals surface area contributed by atoms with Crippen LogP contribution in [0.1, 0.15) is 54.0 Å². The average Bonchev–Trinajstić information content (AvgIpc) is 2.96. The second-order valence-corrected chi connectivity index (χ2v) is 10.9. The number of aromatic nitrogens is 1. The Morgan fingerprint density at radius 1 is 1.06 bits per heavy atom. The summed E-state index contributed by atoms with van der Waals surface area (Å²) in [5.41, 5.74) is 3.42. The molecular weight excluding hydrogens is 456 g/mol. The van der Waals surface area contributed by atoms with Gasteiger partial charge in [-0.15, -0.1) is 0 Å². The maximum absolute atomic E-state index is 13.6. The van der Waals surface area contributed by atoms with Crippen molar-refractivity contribution in [3.8, 4) is 5.88 Å². The lowest BCUT2D eigenvalue weighted by Gasteiger charge is -2.33. The summed E-state index contributed by atoms with van der Waals surface area (Å²) in [6.45, 7) is 12.1. The molecule has 0 spiro atoms. The van der Waals surface area contributed by atoms with Crippen molar-refractivity contribution >= 4 is 5.91 Å². The molecule has 0 saturated carbocycles. The first-order valence-electron chi connectivity index (χ1n) is 13.1. The van der Waals surface area contributed by atoms with Gasteiger partial charge in [0.05, 0.1) is 31.6 Å². The van der Waals surface area contributed by atoms with E-state index in [1.54, 1.807) is 4.90 Å². The van der Waals surface area contributed by atoms with Crippen molar-refractivity contribution in [2.24, 2.45) is 0 Å². The largest absolute Gasteiger partial charge is 0.469 e. The molecule has 0 bridgehead atoms. The van der Waals surface area contributed by atoms with E-state index in [1.165, 1.54) is 11.1 Å². The number of morpholine rings is 1. The fraction of sp³-hybridized carbons (Fsp3) is 0.571. The fourth-order valence-corrected chi connectivity index (χ4v) is 5.54. The molecule has 8 heteroatoms. The number of β-amino-alcohol motifs (C(OH)–C–C–N with tert-alkyl or cyclic N) is 1. The molecule has 5 rings (SSSR count). The minimum Gasteiger partial charge on any atom is -0.469 e. The molecule has 3 aliphatic heterocycles. The molecule has 1 amide bonds. The smallest absolute Gasteiger partial charge is 0.259 e. The van der Waals surface area contributed by atoms with Crippen LogP contribution in [0.4, 0.5) is 0 Å². The highest BCUT2D eigenvalue weighted by Gasteiger charge is 2.36. The predicted molar refractivity (Wildman–Crippen MR) is 137 cm³/mol. The highest BCUT2D eigenvalue weighted by molar-refractivity contribution is 5.96. The second-order valence-electron chi connectivity index (χ2n) is 10.9. The lowest BCUT2D eigenvalue weighted by Crippen LogP contribution is -2.48. The summed E-state index contributed by atoms with van der Waals surface area (Å²) in [4.78, 5) is 24.7. The van der Waals surface area contributed by atoms with Crippen LogP contribution in [0.2, 0.25) is 0 Å². The molecule has 2 aromatic rings. The van der Waals surface area contributed by atoms with E-state index >= 15 is 0 Å². The van der Waals surface area contributed by atoms with Crippen LogP contribution < -0.4 is 4.74 Å². The van der Waals surface area contributed by atoms with Gasteiger partial charge < -0.3 is 19.5 Å². The van der Waals surface area contributed by atoms with E-state index < -0.39 is 11.7 Å². The summed E-state index contributed by atoms with van der Waals surface area (Å²) in [6, 6.07) is 12.4. The minimum absolute atomic E-state index is 0.108. The zero-order valence-electron chi connectivity index (χ0n) is 21.7. The Morgan fingerprint density at radius 3 is 2.58 bits per heavy atom. The SMILES string of the molecule is CC(c1ccc2c(n1)OC(C)(C)CN(CC(O)CN1CCc3ccccc3C1)C2=O)N1CCOCC1. The quantitative estimate of drug-likeness (QED) is 0.661. The number of aliphatic hydroxyl groups excluding tert-OH is 1. The Bertz CT molecular complexity index is 1080. The maximum atomic E-state index is 13.6. The number of pyridine rings is 1. The van der Waals surface area contributed by atoms with Crippen LogP contribution in [0.3, 0.4) is 0 Å². The highest BCUT2D eigenvalue weighted by atomic mass is 16.5. The molecule has 0 aliphatic carbocycles. The zero-order chi connectivity index (χ0) is 25.3. The summed E-state index contributed by atoms with van der Waals surface area (Å²) in [5.74, 6) is 0.240. The summed E-state index contributed by atoms with van der Waals surface area (Å²) >= 11 is 0. The topological polar surface area (TPSA) is 78.4 Å². The third kappa shape index (κ3) is 5.57. The summed E-state index contributed by atoms with van der Waals surface area (Å²) in [5, 5.41) is 11.0. The monoisotopic (exact) mass is 494 g/mol. The van der Waals surface area contributed by atoms with E-state index in [0.717, 1.165) is 51.5 Å². The number of hydrogen-bond donors (Lipinski definition) is 1. The van der Waals surface area contributed by atoms with E-state index in [2.05, 4.69) is 41.0 Å². The number of benzene rings is 1. The van der Waals surface area contributed by atoms with Crippen molar-refractivity contribution in [1.82, 2.24) is 19.7 Å². The molecule has 36 heavy (non-hydrogen) atoms. The molecule has 194 valence electrons. The number of rotatable bonds is 6. The summed E-state index contributed by atoms with van der Waals surface area (Å²) in [6.07, 6.45) is 0.335. The van der Waals surface area contributed by atoms with Crippen LogP contribution in [0.15, 0.2) is 36.4 Å². The van der Waals surface area contributed by atoms with Crippen molar-refractivity contribution in [2.75, 3.05) is 52.5 Å². The van der Waals surface area contributed by atoms with Gasteiger partial charge in [-0.25, -0.2) is 4.98 Å². The molecule has 1 aromatic heterocycles. The highest BCUT2D eigenvalue weighted by Crippen LogP contribution is 2.31. The first-order chi connectivity index (χ1) is 17.3. The standard InChI is InChI=1S/C28H38N4O4/c1-20(31-12-14-35-15-13-31)25-9-8-24-26(29-25)36-28(2,3)19-32(27(24)34)18-23(33)17-30-11-10-21-6-4-5-7-22(21)16-30/h4-9,20,23,33H,10-19H2,1-3H3. The Morgan fingerprint density at radius 2 is 1.81 bits per heavy atom. The Hall–Kier alpha value is -2.52. The van der Waals surface area contributed by atoms with Gasteiger partial charge in [-0.1, -0.05) is 24.3 Å². The fourth-order valence-electron chi connectivity index (χ4n) is 5.54. The number of amides is 1. The van der Waals surface area contributed by atoms with Crippen LogP contribution >= 0.6 is 0 Å². The first-order valence-corrected chi connectivity index (χ1v) is 13.1. The van der Waals surface area contributed by atoms with Crippen molar-refractivity contribution in [3.63, 3.8) is 0 Å². The Balaban J connectivity index is 1.28. The lowest BCUT2D eigenvalue weighted by molar-refractivity contribution is 0.0184. The number of nitrogens with zero attached hydrogens (tertiary/aromatic N) is 4. The number of carbonyl (C=O) groups excluding carboxylic acids is 1.